The number of carbonyl (C=O) groups is 1. The fourth-order valence-corrected chi connectivity index (χ4v) is 3.86. The van der Waals surface area contributed by atoms with E-state index in [2.05, 4.69) is 4.98 Å². The molecule has 1 aliphatic carbocycles. The number of ether oxygens (including phenoxy) is 1. The van der Waals surface area contributed by atoms with Crippen LogP contribution in [0.2, 0.25) is 0 Å². The molecular formula is C20H23FN2O3S. The summed E-state index contributed by atoms with van der Waals surface area (Å²) in [5, 5.41) is 13.5. The van der Waals surface area contributed by atoms with E-state index in [1.54, 1.807) is 30.2 Å². The van der Waals surface area contributed by atoms with Crippen molar-refractivity contribution < 1.29 is 19.0 Å². The van der Waals surface area contributed by atoms with Crippen molar-refractivity contribution in [2.75, 3.05) is 7.05 Å². The summed E-state index contributed by atoms with van der Waals surface area (Å²) in [6.45, 7) is 1.91. The van der Waals surface area contributed by atoms with Crippen LogP contribution in [0.1, 0.15) is 30.0 Å². The normalized spacial score (nSPS) is 22.7. The molecule has 3 rings (SSSR count). The molecule has 1 aromatic carbocycles. The summed E-state index contributed by atoms with van der Waals surface area (Å²) in [4.78, 5) is 18.3. The van der Waals surface area contributed by atoms with E-state index < -0.39 is 12.2 Å². The lowest BCUT2D eigenvalue weighted by molar-refractivity contribution is -0.132. The van der Waals surface area contributed by atoms with Crippen molar-refractivity contribution in [2.24, 2.45) is 0 Å². The number of aromatic nitrogens is 1. The van der Waals surface area contributed by atoms with Gasteiger partial charge >= 0.3 is 0 Å². The summed E-state index contributed by atoms with van der Waals surface area (Å²) < 4.78 is 19.1. The highest BCUT2D eigenvalue weighted by Gasteiger charge is 2.36. The number of nitrogens with zero attached hydrogens (tertiary/aromatic N) is 2. The van der Waals surface area contributed by atoms with Crippen molar-refractivity contribution >= 4 is 23.3 Å². The molecule has 0 bridgehead atoms. The molecule has 144 valence electrons. The molecule has 1 fully saturated rings. The van der Waals surface area contributed by atoms with E-state index in [0.717, 1.165) is 17.1 Å². The van der Waals surface area contributed by atoms with Crippen molar-refractivity contribution in [3.05, 3.63) is 52.2 Å². The molecule has 0 aliphatic heterocycles. The van der Waals surface area contributed by atoms with Crippen LogP contribution in [-0.2, 0) is 4.79 Å². The number of amides is 1. The number of hydrogen-bond acceptors (Lipinski definition) is 5. The molecule has 1 amide bonds. The van der Waals surface area contributed by atoms with Gasteiger partial charge in [-0.2, -0.15) is 0 Å². The SMILES string of the molecule is Cc1nc(C=CC(=O)N(C)[C@@H]2CCC[C@@H](Oc3cccc(F)c3)[C@@H]2O)cs1. The smallest absolute Gasteiger partial charge is 0.246 e. The maximum absolute atomic E-state index is 13.3. The summed E-state index contributed by atoms with van der Waals surface area (Å²) in [6.07, 6.45) is 3.99. The molecule has 27 heavy (non-hydrogen) atoms. The van der Waals surface area contributed by atoms with Crippen LogP contribution >= 0.6 is 11.3 Å². The number of rotatable bonds is 5. The Kier molecular flexibility index (Phi) is 6.23. The number of carbonyl (C=O) groups excluding carboxylic acids is 1. The minimum atomic E-state index is -0.842. The Balaban J connectivity index is 1.64. The van der Waals surface area contributed by atoms with E-state index in [1.807, 2.05) is 12.3 Å². The van der Waals surface area contributed by atoms with Crippen LogP contribution in [0.4, 0.5) is 4.39 Å². The highest BCUT2D eigenvalue weighted by atomic mass is 32.1. The molecule has 0 unspecified atom stereocenters. The molecule has 1 saturated carbocycles. The molecule has 5 nitrogen and oxygen atoms in total. The summed E-state index contributed by atoms with van der Waals surface area (Å²) >= 11 is 1.52. The lowest BCUT2D eigenvalue weighted by Gasteiger charge is -2.39. The van der Waals surface area contributed by atoms with E-state index >= 15 is 0 Å². The van der Waals surface area contributed by atoms with Crippen LogP contribution in [0.5, 0.6) is 5.75 Å². The first-order valence-corrected chi connectivity index (χ1v) is 9.79. The second kappa shape index (κ2) is 8.63. The second-order valence-corrected chi connectivity index (χ2v) is 7.74. The van der Waals surface area contributed by atoms with E-state index in [9.17, 15) is 14.3 Å². The molecule has 1 aromatic heterocycles. The summed E-state index contributed by atoms with van der Waals surface area (Å²) in [5.41, 5.74) is 0.746. The number of likely N-dealkylation sites (N-methyl/N-ethyl adjacent to an activating group) is 1. The largest absolute Gasteiger partial charge is 0.488 e. The number of hydrogen-bond donors (Lipinski definition) is 1. The first kappa shape index (κ1) is 19.5. The minimum Gasteiger partial charge on any atom is -0.488 e. The zero-order chi connectivity index (χ0) is 19.4. The van der Waals surface area contributed by atoms with Crippen LogP contribution < -0.4 is 4.74 Å². The molecule has 1 heterocycles. The molecule has 3 atom stereocenters. The van der Waals surface area contributed by atoms with E-state index in [0.29, 0.717) is 18.6 Å². The van der Waals surface area contributed by atoms with Gasteiger partial charge in [-0.25, -0.2) is 9.37 Å². The van der Waals surface area contributed by atoms with Crippen LogP contribution in [0.15, 0.2) is 35.7 Å². The van der Waals surface area contributed by atoms with Crippen LogP contribution in [0.3, 0.4) is 0 Å². The lowest BCUT2D eigenvalue weighted by Crippen LogP contribution is -2.53. The Morgan fingerprint density at radius 2 is 2.26 bits per heavy atom. The molecule has 1 aliphatic rings. The monoisotopic (exact) mass is 390 g/mol. The van der Waals surface area contributed by atoms with Gasteiger partial charge in [0.1, 0.15) is 23.8 Å². The Morgan fingerprint density at radius 1 is 1.44 bits per heavy atom. The highest BCUT2D eigenvalue weighted by molar-refractivity contribution is 7.09. The highest BCUT2D eigenvalue weighted by Crippen LogP contribution is 2.27. The topological polar surface area (TPSA) is 62.7 Å². The van der Waals surface area contributed by atoms with Gasteiger partial charge in [0.25, 0.3) is 0 Å². The number of thiazole rings is 1. The Labute approximate surface area is 162 Å². The number of aliphatic hydroxyl groups is 1. The Bertz CT molecular complexity index is 823. The number of halogens is 1. The van der Waals surface area contributed by atoms with Gasteiger partial charge in [-0.1, -0.05) is 6.07 Å². The standard InChI is InChI=1S/C20H23FN2O3S/c1-13-22-15(12-27-13)9-10-19(24)23(2)17-7-4-8-18(20(17)25)26-16-6-3-5-14(21)11-16/h3,5-6,9-12,17-18,20,25H,4,7-8H2,1-2H3/t17-,18-,20-/m1/s1. The molecule has 2 aromatic rings. The predicted octanol–water partition coefficient (Wildman–Crippen LogP) is 3.42. The van der Waals surface area contributed by atoms with Crippen molar-refractivity contribution in [2.45, 2.75) is 44.4 Å². The molecular weight excluding hydrogens is 367 g/mol. The van der Waals surface area contributed by atoms with Gasteiger partial charge < -0.3 is 14.7 Å². The molecule has 7 heteroatoms. The van der Waals surface area contributed by atoms with E-state index in [1.165, 1.54) is 29.5 Å². The van der Waals surface area contributed by atoms with E-state index in [4.69, 9.17) is 4.74 Å². The zero-order valence-corrected chi connectivity index (χ0v) is 16.2. The average Bonchev–Trinajstić information content (AvgIpc) is 3.06. The lowest BCUT2D eigenvalue weighted by atomic mass is 9.89. The first-order valence-electron chi connectivity index (χ1n) is 8.91. The molecule has 0 spiro atoms. The molecule has 0 radical (unpaired) electrons. The van der Waals surface area contributed by atoms with Crippen LogP contribution in [-0.4, -0.2) is 46.2 Å². The van der Waals surface area contributed by atoms with Gasteiger partial charge in [-0.3, -0.25) is 4.79 Å². The third kappa shape index (κ3) is 4.93. The number of aryl methyl sites for hydroxylation is 1. The van der Waals surface area contributed by atoms with Gasteiger partial charge in [-0.05, 0) is 44.4 Å². The van der Waals surface area contributed by atoms with Gasteiger partial charge in [-0.15, -0.1) is 11.3 Å². The molecule has 0 saturated heterocycles. The van der Waals surface area contributed by atoms with E-state index in [-0.39, 0.29) is 17.8 Å². The fourth-order valence-electron chi connectivity index (χ4n) is 3.28. The van der Waals surface area contributed by atoms with Gasteiger partial charge in [0.15, 0.2) is 0 Å². The number of benzene rings is 1. The summed E-state index contributed by atoms with van der Waals surface area (Å²) in [7, 11) is 1.68. The fraction of sp³-hybridized carbons (Fsp3) is 0.400. The zero-order valence-electron chi connectivity index (χ0n) is 15.3. The maximum Gasteiger partial charge on any atom is 0.246 e. The summed E-state index contributed by atoms with van der Waals surface area (Å²) in [6, 6.07) is 5.51. The number of aliphatic hydroxyl groups excluding tert-OH is 1. The van der Waals surface area contributed by atoms with Gasteiger partial charge in [0.05, 0.1) is 16.7 Å². The quantitative estimate of drug-likeness (QED) is 0.795. The Hall–Kier alpha value is -2.25. The van der Waals surface area contributed by atoms with Crippen molar-refractivity contribution in [3.63, 3.8) is 0 Å². The third-order valence-corrected chi connectivity index (χ3v) is 5.52. The second-order valence-electron chi connectivity index (χ2n) is 6.68. The maximum atomic E-state index is 13.3. The van der Waals surface area contributed by atoms with Crippen molar-refractivity contribution in [1.82, 2.24) is 9.88 Å². The van der Waals surface area contributed by atoms with Gasteiger partial charge in [0, 0.05) is 24.6 Å². The van der Waals surface area contributed by atoms with Crippen LogP contribution in [0.25, 0.3) is 6.08 Å². The minimum absolute atomic E-state index is 0.198. The summed E-state index contributed by atoms with van der Waals surface area (Å²) in [5.74, 6) is -0.201. The predicted molar refractivity (Wildman–Crippen MR) is 103 cm³/mol. The van der Waals surface area contributed by atoms with Crippen molar-refractivity contribution in [1.29, 1.82) is 0 Å². The third-order valence-electron chi connectivity index (χ3n) is 4.73. The Morgan fingerprint density at radius 3 is 2.96 bits per heavy atom. The average molecular weight is 390 g/mol. The van der Waals surface area contributed by atoms with Crippen LogP contribution in [0, 0.1) is 12.7 Å². The van der Waals surface area contributed by atoms with Crippen molar-refractivity contribution in [3.8, 4) is 5.75 Å². The molecule has 1 N–H and O–H groups in total. The first-order chi connectivity index (χ1) is 12.9. The van der Waals surface area contributed by atoms with Gasteiger partial charge in [0.2, 0.25) is 5.91 Å².